The predicted molar refractivity (Wildman–Crippen MR) is 107 cm³/mol. The van der Waals surface area contributed by atoms with Crippen LogP contribution in [0.25, 0.3) is 10.9 Å². The van der Waals surface area contributed by atoms with Crippen LogP contribution in [0.3, 0.4) is 0 Å². The molecule has 0 aliphatic rings. The lowest BCUT2D eigenvalue weighted by Gasteiger charge is -2.17. The number of nitrogens with one attached hydrogen (secondary N) is 1. The fraction of sp³-hybridized carbons (Fsp3) is 0.190. The third-order valence-corrected chi connectivity index (χ3v) is 4.57. The molecule has 3 aromatic rings. The van der Waals surface area contributed by atoms with Crippen molar-refractivity contribution < 1.29 is 19.1 Å². The highest BCUT2D eigenvalue weighted by Gasteiger charge is 2.23. The number of para-hydroxylation sites is 1. The molecule has 6 nitrogen and oxygen atoms in total. The first-order chi connectivity index (χ1) is 13.5. The van der Waals surface area contributed by atoms with E-state index in [0.717, 1.165) is 10.9 Å². The largest absolute Gasteiger partial charge is 0.495 e. The summed E-state index contributed by atoms with van der Waals surface area (Å²) in [5, 5.41) is 4.04. The Hall–Kier alpha value is -3.12. The molecule has 144 valence electrons. The van der Waals surface area contributed by atoms with Crippen molar-refractivity contribution in [3.63, 3.8) is 0 Å². The standard InChI is InChI=1S/C21H19ClN2O4/c1-27-19-10-7-13(11-15(19)22)12-18(21(26)28-2)24-20(25)17-9-8-14-5-3-4-6-16(14)23-17/h3-11,18H,12H2,1-2H3,(H,24,25)/t18-/m1/s1. The van der Waals surface area contributed by atoms with Crippen LogP contribution in [-0.2, 0) is 16.0 Å². The summed E-state index contributed by atoms with van der Waals surface area (Å²) < 4.78 is 9.96. The van der Waals surface area contributed by atoms with Gasteiger partial charge in [0.05, 0.1) is 24.8 Å². The highest BCUT2D eigenvalue weighted by atomic mass is 35.5. The van der Waals surface area contributed by atoms with E-state index in [-0.39, 0.29) is 12.1 Å². The molecule has 1 heterocycles. The molecule has 1 atom stereocenters. The molecule has 1 aromatic heterocycles. The average molecular weight is 399 g/mol. The van der Waals surface area contributed by atoms with E-state index in [1.807, 2.05) is 30.3 Å². The van der Waals surface area contributed by atoms with E-state index >= 15 is 0 Å². The summed E-state index contributed by atoms with van der Waals surface area (Å²) >= 11 is 6.15. The van der Waals surface area contributed by atoms with Crippen molar-refractivity contribution >= 4 is 34.4 Å². The molecule has 0 unspecified atom stereocenters. The second-order valence-corrected chi connectivity index (χ2v) is 6.52. The van der Waals surface area contributed by atoms with Gasteiger partial charge in [0.1, 0.15) is 17.5 Å². The first kappa shape index (κ1) is 19.6. The number of fused-ring (bicyclic) bond motifs is 1. The molecule has 0 saturated carbocycles. The molecule has 2 aromatic carbocycles. The summed E-state index contributed by atoms with van der Waals surface area (Å²) in [5.74, 6) is -0.480. The summed E-state index contributed by atoms with van der Waals surface area (Å²) in [6, 6.07) is 15.2. The number of hydrogen-bond donors (Lipinski definition) is 1. The van der Waals surface area contributed by atoms with E-state index in [4.69, 9.17) is 21.1 Å². The minimum Gasteiger partial charge on any atom is -0.495 e. The van der Waals surface area contributed by atoms with Gasteiger partial charge in [-0.05, 0) is 29.8 Å². The number of hydrogen-bond acceptors (Lipinski definition) is 5. The Kier molecular flexibility index (Phi) is 6.11. The topological polar surface area (TPSA) is 77.5 Å². The maximum absolute atomic E-state index is 12.6. The van der Waals surface area contributed by atoms with Crippen molar-refractivity contribution in [1.82, 2.24) is 10.3 Å². The van der Waals surface area contributed by atoms with Gasteiger partial charge in [-0.3, -0.25) is 4.79 Å². The molecule has 0 fully saturated rings. The molecule has 0 bridgehead atoms. The van der Waals surface area contributed by atoms with Gasteiger partial charge >= 0.3 is 5.97 Å². The van der Waals surface area contributed by atoms with Crippen LogP contribution in [0.5, 0.6) is 5.75 Å². The van der Waals surface area contributed by atoms with Gasteiger partial charge < -0.3 is 14.8 Å². The lowest BCUT2D eigenvalue weighted by molar-refractivity contribution is -0.142. The molecule has 0 radical (unpaired) electrons. The van der Waals surface area contributed by atoms with Crippen LogP contribution in [0.1, 0.15) is 16.1 Å². The number of esters is 1. The van der Waals surface area contributed by atoms with Crippen LogP contribution < -0.4 is 10.1 Å². The minimum atomic E-state index is -0.879. The molecule has 0 aliphatic carbocycles. The zero-order valence-electron chi connectivity index (χ0n) is 15.4. The highest BCUT2D eigenvalue weighted by Crippen LogP contribution is 2.25. The lowest BCUT2D eigenvalue weighted by Crippen LogP contribution is -2.43. The second-order valence-electron chi connectivity index (χ2n) is 6.11. The molecule has 28 heavy (non-hydrogen) atoms. The van der Waals surface area contributed by atoms with Gasteiger partial charge in [-0.2, -0.15) is 0 Å². The smallest absolute Gasteiger partial charge is 0.328 e. The maximum Gasteiger partial charge on any atom is 0.328 e. The second kappa shape index (κ2) is 8.71. The summed E-state index contributed by atoms with van der Waals surface area (Å²) in [5.41, 5.74) is 1.68. The first-order valence-corrected chi connectivity index (χ1v) is 8.96. The first-order valence-electron chi connectivity index (χ1n) is 8.58. The number of halogens is 1. The quantitative estimate of drug-likeness (QED) is 0.644. The molecule has 0 aliphatic heterocycles. The molecule has 7 heteroatoms. The number of benzene rings is 2. The zero-order valence-corrected chi connectivity index (χ0v) is 16.2. The fourth-order valence-electron chi connectivity index (χ4n) is 2.83. The Morgan fingerprint density at radius 2 is 1.89 bits per heavy atom. The molecular weight excluding hydrogens is 380 g/mol. The molecular formula is C21H19ClN2O4. The molecule has 1 N–H and O–H groups in total. The minimum absolute atomic E-state index is 0.218. The van der Waals surface area contributed by atoms with Crippen LogP contribution >= 0.6 is 11.6 Å². The monoisotopic (exact) mass is 398 g/mol. The number of nitrogens with zero attached hydrogens (tertiary/aromatic N) is 1. The number of aromatic nitrogens is 1. The van der Waals surface area contributed by atoms with Crippen LogP contribution in [0.2, 0.25) is 5.02 Å². The third kappa shape index (κ3) is 4.40. The number of carbonyl (C=O) groups excluding carboxylic acids is 2. The van der Waals surface area contributed by atoms with E-state index in [9.17, 15) is 9.59 Å². The van der Waals surface area contributed by atoms with E-state index in [2.05, 4.69) is 10.3 Å². The number of pyridine rings is 1. The van der Waals surface area contributed by atoms with Crippen LogP contribution in [0.4, 0.5) is 0 Å². The van der Waals surface area contributed by atoms with Gasteiger partial charge in [-0.1, -0.05) is 41.9 Å². The maximum atomic E-state index is 12.6. The number of rotatable bonds is 6. The van der Waals surface area contributed by atoms with Crippen LogP contribution in [0, 0.1) is 0 Å². The summed E-state index contributed by atoms with van der Waals surface area (Å²) in [6.45, 7) is 0. The Balaban J connectivity index is 1.80. The van der Waals surface area contributed by atoms with Gasteiger partial charge in [0, 0.05) is 11.8 Å². The Bertz CT molecular complexity index is 1020. The normalized spacial score (nSPS) is 11.7. The van der Waals surface area contributed by atoms with E-state index in [1.165, 1.54) is 14.2 Å². The molecule has 0 spiro atoms. The summed E-state index contributed by atoms with van der Waals surface area (Å²) in [4.78, 5) is 29.2. The van der Waals surface area contributed by atoms with Crippen molar-refractivity contribution in [2.24, 2.45) is 0 Å². The predicted octanol–water partition coefficient (Wildman–Crippen LogP) is 3.41. The van der Waals surface area contributed by atoms with Crippen molar-refractivity contribution in [3.8, 4) is 5.75 Å². The number of amides is 1. The Morgan fingerprint density at radius 3 is 2.61 bits per heavy atom. The van der Waals surface area contributed by atoms with Crippen molar-refractivity contribution in [1.29, 1.82) is 0 Å². The van der Waals surface area contributed by atoms with Gasteiger partial charge in [0.15, 0.2) is 0 Å². The van der Waals surface area contributed by atoms with Crippen molar-refractivity contribution in [2.45, 2.75) is 12.5 Å². The average Bonchev–Trinajstić information content (AvgIpc) is 2.72. The van der Waals surface area contributed by atoms with Crippen LogP contribution in [-0.4, -0.2) is 37.1 Å². The molecule has 0 saturated heterocycles. The Labute approximate surface area is 167 Å². The van der Waals surface area contributed by atoms with Crippen LogP contribution in [0.15, 0.2) is 54.6 Å². The number of methoxy groups -OCH3 is 2. The SMILES string of the molecule is COC(=O)[C@@H](Cc1ccc(OC)c(Cl)c1)NC(=O)c1ccc2ccccc2n1. The fourth-order valence-corrected chi connectivity index (χ4v) is 3.11. The van der Waals surface area contributed by atoms with Gasteiger partial charge in [0.2, 0.25) is 0 Å². The summed E-state index contributed by atoms with van der Waals surface area (Å²) in [7, 11) is 2.80. The lowest BCUT2D eigenvalue weighted by atomic mass is 10.1. The molecule has 1 amide bonds. The van der Waals surface area contributed by atoms with E-state index in [1.54, 1.807) is 24.3 Å². The molecule has 3 rings (SSSR count). The zero-order chi connectivity index (χ0) is 20.1. The van der Waals surface area contributed by atoms with E-state index < -0.39 is 17.9 Å². The van der Waals surface area contributed by atoms with Crippen molar-refractivity contribution in [3.05, 3.63) is 70.9 Å². The van der Waals surface area contributed by atoms with Crippen molar-refractivity contribution in [2.75, 3.05) is 14.2 Å². The van der Waals surface area contributed by atoms with Gasteiger partial charge in [-0.15, -0.1) is 0 Å². The van der Waals surface area contributed by atoms with Gasteiger partial charge in [0.25, 0.3) is 5.91 Å². The summed E-state index contributed by atoms with van der Waals surface area (Å²) in [6.07, 6.45) is 0.218. The van der Waals surface area contributed by atoms with E-state index in [0.29, 0.717) is 16.3 Å². The number of carbonyl (C=O) groups is 2. The Morgan fingerprint density at radius 1 is 1.11 bits per heavy atom. The van der Waals surface area contributed by atoms with Gasteiger partial charge in [-0.25, -0.2) is 9.78 Å². The highest BCUT2D eigenvalue weighted by molar-refractivity contribution is 6.32. The number of ether oxygens (including phenoxy) is 2. The third-order valence-electron chi connectivity index (χ3n) is 4.28.